The zero-order valence-electron chi connectivity index (χ0n) is 58.7. The average Bonchev–Trinajstić information content (AvgIpc) is 2.28. The first-order valence-electron chi connectivity index (χ1n) is 39.0. The molecule has 1 saturated heterocycles. The van der Waals surface area contributed by atoms with Crippen LogP contribution in [-0.4, -0.2) is 87.5 Å². The molecule has 1 aliphatic rings. The van der Waals surface area contributed by atoms with E-state index in [1.807, 2.05) is 6.08 Å². The van der Waals surface area contributed by atoms with E-state index in [2.05, 4.69) is 67.8 Å². The van der Waals surface area contributed by atoms with E-state index in [0.29, 0.717) is 6.42 Å². The Balaban J connectivity index is 2.09. The van der Waals surface area contributed by atoms with Gasteiger partial charge in [0.1, 0.15) is 24.4 Å². The van der Waals surface area contributed by atoms with Crippen molar-refractivity contribution in [3.8, 4) is 0 Å². The van der Waals surface area contributed by atoms with Crippen molar-refractivity contribution in [2.24, 2.45) is 0 Å². The second-order valence-corrected chi connectivity index (χ2v) is 27.1. The van der Waals surface area contributed by atoms with Gasteiger partial charge in [-0.2, -0.15) is 0 Å². The minimum Gasteiger partial charge on any atom is -0.394 e. The maximum Gasteiger partial charge on any atom is 0.220 e. The molecule has 9 heteroatoms. The highest BCUT2D eigenvalue weighted by atomic mass is 16.7. The number of ether oxygens (including phenoxy) is 2. The van der Waals surface area contributed by atoms with Gasteiger partial charge >= 0.3 is 0 Å². The summed E-state index contributed by atoms with van der Waals surface area (Å²) in [5.41, 5.74) is 0. The van der Waals surface area contributed by atoms with Gasteiger partial charge < -0.3 is 40.3 Å². The average molecular weight is 1250 g/mol. The standard InChI is InChI=1S/C80H149NO8/c1-3-5-7-9-11-13-15-17-19-21-23-25-27-29-31-33-34-35-36-37-38-39-40-42-44-46-48-50-52-54-56-58-60-62-64-66-68-70-76(84)81-73(72-88-80-79(87)78(86)77(85)75(71-82)89-80)74(83)69-67-65-63-61-59-57-55-53-51-49-47-45-43-41-32-30-28-26-24-22-20-18-16-14-12-10-8-6-4-2/h15,17,21,23,27,29,59,61,67,69,73-75,77-80,82-83,85-87H,3-14,16,18-20,22,24-26,28,30-58,60,62-66,68,70-72H2,1-2H3,(H,81,84)/b17-15-,23-21-,29-27-,61-59+,69-67+. The predicted molar refractivity (Wildman–Crippen MR) is 382 cm³/mol. The Morgan fingerprint density at radius 2 is 0.674 bits per heavy atom. The molecule has 1 aliphatic heterocycles. The van der Waals surface area contributed by atoms with Crippen molar-refractivity contribution < 1.29 is 39.8 Å². The van der Waals surface area contributed by atoms with E-state index < -0.39 is 49.5 Å². The number of hydrogen-bond acceptors (Lipinski definition) is 8. The van der Waals surface area contributed by atoms with Crippen LogP contribution in [0.15, 0.2) is 60.8 Å². The minimum atomic E-state index is -1.57. The van der Waals surface area contributed by atoms with Gasteiger partial charge in [-0.3, -0.25) is 4.79 Å². The second-order valence-electron chi connectivity index (χ2n) is 27.1. The summed E-state index contributed by atoms with van der Waals surface area (Å²) in [4.78, 5) is 13.2. The summed E-state index contributed by atoms with van der Waals surface area (Å²) in [5.74, 6) is -0.180. The Morgan fingerprint density at radius 3 is 1.02 bits per heavy atom. The van der Waals surface area contributed by atoms with Crippen LogP contribution in [-0.2, 0) is 14.3 Å². The summed E-state index contributed by atoms with van der Waals surface area (Å²) in [7, 11) is 0. The summed E-state index contributed by atoms with van der Waals surface area (Å²) in [5, 5.41) is 54.8. The van der Waals surface area contributed by atoms with Crippen LogP contribution in [0, 0.1) is 0 Å². The van der Waals surface area contributed by atoms with E-state index in [1.165, 1.54) is 315 Å². The Kier molecular flexibility index (Phi) is 65.6. The normalized spacial score (nSPS) is 18.1. The molecule has 0 saturated carbocycles. The summed E-state index contributed by atoms with van der Waals surface area (Å²) < 4.78 is 11.3. The number of aliphatic hydroxyl groups is 5. The fraction of sp³-hybridized carbons (Fsp3) is 0.863. The van der Waals surface area contributed by atoms with E-state index in [0.717, 1.165) is 51.4 Å². The third kappa shape index (κ3) is 57.1. The van der Waals surface area contributed by atoms with E-state index in [1.54, 1.807) is 6.08 Å². The monoisotopic (exact) mass is 1250 g/mol. The topological polar surface area (TPSA) is 149 Å². The van der Waals surface area contributed by atoms with Gasteiger partial charge in [-0.15, -0.1) is 0 Å². The van der Waals surface area contributed by atoms with Crippen molar-refractivity contribution in [2.45, 2.75) is 429 Å². The highest BCUT2D eigenvalue weighted by Gasteiger charge is 2.44. The van der Waals surface area contributed by atoms with Crippen LogP contribution in [0.4, 0.5) is 0 Å². The third-order valence-corrected chi connectivity index (χ3v) is 18.6. The van der Waals surface area contributed by atoms with Crippen molar-refractivity contribution in [3.05, 3.63) is 60.8 Å². The fourth-order valence-corrected chi connectivity index (χ4v) is 12.5. The highest BCUT2D eigenvalue weighted by Crippen LogP contribution is 2.24. The Bertz CT molecular complexity index is 1600. The van der Waals surface area contributed by atoms with Gasteiger partial charge in [-0.1, -0.05) is 370 Å². The van der Waals surface area contributed by atoms with E-state index in [9.17, 15) is 30.3 Å². The Hall–Kier alpha value is -2.11. The first-order valence-corrected chi connectivity index (χ1v) is 39.0. The molecule has 1 amide bonds. The van der Waals surface area contributed by atoms with E-state index in [-0.39, 0.29) is 12.5 Å². The van der Waals surface area contributed by atoms with Gasteiger partial charge in [0, 0.05) is 6.42 Å². The molecule has 1 heterocycles. The van der Waals surface area contributed by atoms with Gasteiger partial charge in [-0.25, -0.2) is 0 Å². The summed E-state index contributed by atoms with van der Waals surface area (Å²) in [6.07, 6.45) is 89.4. The first kappa shape index (κ1) is 84.9. The van der Waals surface area contributed by atoms with Crippen LogP contribution in [0.1, 0.15) is 386 Å². The smallest absolute Gasteiger partial charge is 0.220 e. The fourth-order valence-electron chi connectivity index (χ4n) is 12.5. The van der Waals surface area contributed by atoms with Gasteiger partial charge in [0.05, 0.1) is 25.4 Å². The lowest BCUT2D eigenvalue weighted by molar-refractivity contribution is -0.302. The Labute approximate surface area is 551 Å². The second kappa shape index (κ2) is 68.7. The number of hydrogen-bond donors (Lipinski definition) is 6. The first-order chi connectivity index (χ1) is 43.8. The number of allylic oxidation sites excluding steroid dienone is 9. The zero-order chi connectivity index (χ0) is 64.2. The van der Waals surface area contributed by atoms with Gasteiger partial charge in [0.25, 0.3) is 0 Å². The SMILES string of the molecule is CCCCCCC/C=C\C/C=C\C/C=C\CCCCCCCCCCCCCCCCCCCCCCCCC(=O)NC(COC1OC(CO)C(O)C(O)C1O)C(O)/C=C/CC/C=C/CCCCCCCCCCCCCCCCCCCCCCCCC. The quantitative estimate of drug-likeness (QED) is 0.0261. The lowest BCUT2D eigenvalue weighted by atomic mass is 9.99. The number of rotatable bonds is 69. The van der Waals surface area contributed by atoms with Gasteiger partial charge in [0.2, 0.25) is 5.91 Å². The van der Waals surface area contributed by atoms with Crippen molar-refractivity contribution in [3.63, 3.8) is 0 Å². The van der Waals surface area contributed by atoms with Crippen molar-refractivity contribution in [1.29, 1.82) is 0 Å². The molecule has 0 aromatic rings. The molecular formula is C80H149NO8. The van der Waals surface area contributed by atoms with Crippen molar-refractivity contribution in [1.82, 2.24) is 5.32 Å². The highest BCUT2D eigenvalue weighted by molar-refractivity contribution is 5.76. The summed E-state index contributed by atoms with van der Waals surface area (Å²) in [6, 6.07) is -0.824. The number of carbonyl (C=O) groups excluding carboxylic acids is 1. The molecule has 1 rings (SSSR count). The van der Waals surface area contributed by atoms with Gasteiger partial charge in [-0.05, 0) is 70.6 Å². The molecule has 0 aliphatic carbocycles. The molecule has 89 heavy (non-hydrogen) atoms. The molecule has 0 aromatic carbocycles. The largest absolute Gasteiger partial charge is 0.394 e. The van der Waals surface area contributed by atoms with Crippen LogP contribution < -0.4 is 5.32 Å². The van der Waals surface area contributed by atoms with Gasteiger partial charge in [0.15, 0.2) is 6.29 Å². The number of carbonyl (C=O) groups is 1. The van der Waals surface area contributed by atoms with E-state index >= 15 is 0 Å². The molecule has 522 valence electrons. The number of unbranched alkanes of at least 4 members (excludes halogenated alkanes) is 51. The molecular weight excluding hydrogens is 1100 g/mol. The summed E-state index contributed by atoms with van der Waals surface area (Å²) >= 11 is 0. The Morgan fingerprint density at radius 1 is 0.382 bits per heavy atom. The van der Waals surface area contributed by atoms with Crippen LogP contribution >= 0.6 is 0 Å². The zero-order valence-corrected chi connectivity index (χ0v) is 58.7. The van der Waals surface area contributed by atoms with Crippen molar-refractivity contribution >= 4 is 5.91 Å². The maximum absolute atomic E-state index is 13.2. The van der Waals surface area contributed by atoms with E-state index in [4.69, 9.17) is 9.47 Å². The van der Waals surface area contributed by atoms with Crippen LogP contribution in [0.25, 0.3) is 0 Å². The van der Waals surface area contributed by atoms with Crippen LogP contribution in [0.3, 0.4) is 0 Å². The molecule has 9 nitrogen and oxygen atoms in total. The molecule has 0 aromatic heterocycles. The van der Waals surface area contributed by atoms with Crippen molar-refractivity contribution in [2.75, 3.05) is 13.2 Å². The third-order valence-electron chi connectivity index (χ3n) is 18.6. The molecule has 7 atom stereocenters. The number of nitrogens with one attached hydrogen (secondary N) is 1. The molecule has 0 radical (unpaired) electrons. The maximum atomic E-state index is 13.2. The lowest BCUT2D eigenvalue weighted by Gasteiger charge is -2.40. The number of aliphatic hydroxyl groups excluding tert-OH is 5. The lowest BCUT2D eigenvalue weighted by Crippen LogP contribution is -2.60. The molecule has 6 N–H and O–H groups in total. The molecule has 0 spiro atoms. The van der Waals surface area contributed by atoms with Crippen LogP contribution in [0.2, 0.25) is 0 Å². The molecule has 7 unspecified atom stereocenters. The predicted octanol–water partition coefficient (Wildman–Crippen LogP) is 22.1. The number of amides is 1. The minimum absolute atomic E-state index is 0.180. The van der Waals surface area contributed by atoms with Crippen LogP contribution in [0.5, 0.6) is 0 Å². The molecule has 1 fully saturated rings. The molecule has 0 bridgehead atoms. The summed E-state index contributed by atoms with van der Waals surface area (Å²) in [6.45, 7) is 3.81.